The van der Waals surface area contributed by atoms with Crippen LogP contribution in [0.1, 0.15) is 11.1 Å². The lowest BCUT2D eigenvalue weighted by Gasteiger charge is -2.26. The monoisotopic (exact) mass is 309 g/mol. The fraction of sp³-hybridized carbons (Fsp3) is 0.400. The number of carboxylic acids is 1. The first-order valence-corrected chi connectivity index (χ1v) is 8.22. The smallest absolute Gasteiger partial charge is 0.328 e. The molecule has 0 unspecified atom stereocenters. The van der Waals surface area contributed by atoms with Crippen LogP contribution in [0.25, 0.3) is 6.08 Å². The van der Waals surface area contributed by atoms with Gasteiger partial charge in [0.1, 0.15) is 5.75 Å². The molecule has 1 saturated heterocycles. The summed E-state index contributed by atoms with van der Waals surface area (Å²) in [4.78, 5) is 12.9. The molecule has 0 aliphatic carbocycles. The molecule has 1 heterocycles. The quantitative estimate of drug-likeness (QED) is 0.832. The van der Waals surface area contributed by atoms with Crippen molar-refractivity contribution in [1.82, 2.24) is 4.90 Å². The van der Waals surface area contributed by atoms with Crippen LogP contribution in [0.15, 0.2) is 24.3 Å². The van der Waals surface area contributed by atoms with Crippen LogP contribution in [0, 0.1) is 0 Å². The Balaban J connectivity index is 2.18. The maximum atomic E-state index is 11.4. The predicted octanol–water partition coefficient (Wildman–Crippen LogP) is 1.36. The van der Waals surface area contributed by atoms with Gasteiger partial charge in [0.2, 0.25) is 0 Å². The Morgan fingerprint density at radius 2 is 2.14 bits per heavy atom. The Bertz CT molecular complexity index is 561. The van der Waals surface area contributed by atoms with Gasteiger partial charge in [0.05, 0.1) is 7.11 Å². The fourth-order valence-corrected chi connectivity index (χ4v) is 3.37. The highest BCUT2D eigenvalue weighted by Gasteiger charge is 2.16. The first-order chi connectivity index (χ1) is 10.1. The first kappa shape index (κ1) is 15.7. The van der Waals surface area contributed by atoms with Crippen molar-refractivity contribution in [3.05, 3.63) is 35.4 Å². The van der Waals surface area contributed by atoms with Gasteiger partial charge in [-0.2, -0.15) is 0 Å². The van der Waals surface area contributed by atoms with Crippen molar-refractivity contribution >= 4 is 22.8 Å². The summed E-state index contributed by atoms with van der Waals surface area (Å²) in [5, 5.41) is 8.76. The predicted molar refractivity (Wildman–Crippen MR) is 82.8 cm³/mol. The average molecular weight is 309 g/mol. The highest BCUT2D eigenvalue weighted by molar-refractivity contribution is 7.85. The number of hydrogen-bond acceptors (Lipinski definition) is 4. The molecule has 0 atom stereocenters. The van der Waals surface area contributed by atoms with E-state index in [9.17, 15) is 9.00 Å². The molecule has 1 N–H and O–H groups in total. The highest BCUT2D eigenvalue weighted by Crippen LogP contribution is 2.21. The summed E-state index contributed by atoms with van der Waals surface area (Å²) in [6.07, 6.45) is 2.73. The molecule has 0 amide bonds. The molecule has 1 aliphatic heterocycles. The van der Waals surface area contributed by atoms with Crippen LogP contribution in [0.3, 0.4) is 0 Å². The van der Waals surface area contributed by atoms with Crippen LogP contribution >= 0.6 is 0 Å². The summed E-state index contributed by atoms with van der Waals surface area (Å²) in [5.41, 5.74) is 1.88. The summed E-state index contributed by atoms with van der Waals surface area (Å²) >= 11 is 0. The molecule has 6 heteroatoms. The Kier molecular flexibility index (Phi) is 5.52. The minimum Gasteiger partial charge on any atom is -0.497 e. The molecular formula is C15H19NO4S. The summed E-state index contributed by atoms with van der Waals surface area (Å²) in [6.45, 7) is 2.30. The Labute approximate surface area is 126 Å². The third-order valence-electron chi connectivity index (χ3n) is 3.42. The van der Waals surface area contributed by atoms with Crippen molar-refractivity contribution in [2.24, 2.45) is 0 Å². The maximum absolute atomic E-state index is 11.4. The van der Waals surface area contributed by atoms with Gasteiger partial charge in [0.15, 0.2) is 0 Å². The summed E-state index contributed by atoms with van der Waals surface area (Å²) in [6, 6.07) is 5.60. The van der Waals surface area contributed by atoms with Crippen molar-refractivity contribution in [3.8, 4) is 5.75 Å². The van der Waals surface area contributed by atoms with E-state index in [-0.39, 0.29) is 0 Å². The zero-order valence-corrected chi connectivity index (χ0v) is 12.8. The van der Waals surface area contributed by atoms with E-state index in [0.717, 1.165) is 36.0 Å². The van der Waals surface area contributed by atoms with Crippen molar-refractivity contribution in [2.45, 2.75) is 6.54 Å². The molecule has 21 heavy (non-hydrogen) atoms. The van der Waals surface area contributed by atoms with Crippen molar-refractivity contribution in [1.29, 1.82) is 0 Å². The minimum atomic E-state index is -0.967. The molecule has 0 saturated carbocycles. The Morgan fingerprint density at radius 3 is 2.76 bits per heavy atom. The minimum absolute atomic E-state index is 0.698. The zero-order valence-electron chi connectivity index (χ0n) is 11.9. The largest absolute Gasteiger partial charge is 0.497 e. The number of aliphatic carboxylic acids is 1. The van der Waals surface area contributed by atoms with Gasteiger partial charge in [-0.3, -0.25) is 9.11 Å². The normalized spacial score (nSPS) is 17.2. The van der Waals surface area contributed by atoms with Crippen LogP contribution in [0.2, 0.25) is 0 Å². The lowest BCUT2D eigenvalue weighted by Crippen LogP contribution is -2.37. The van der Waals surface area contributed by atoms with E-state index in [0.29, 0.717) is 18.1 Å². The van der Waals surface area contributed by atoms with Gasteiger partial charge in [0.25, 0.3) is 0 Å². The van der Waals surface area contributed by atoms with E-state index in [2.05, 4.69) is 4.90 Å². The fourth-order valence-electron chi connectivity index (χ4n) is 2.24. The third-order valence-corrected chi connectivity index (χ3v) is 4.70. The standard InChI is InChI=1S/C15H19NO4S/c1-20-14-4-2-12(3-5-15(17)18)13(10-14)11-16-6-8-21(19)9-7-16/h2-5,10H,6-9,11H2,1H3,(H,17,18). The summed E-state index contributed by atoms with van der Waals surface area (Å²) < 4.78 is 16.6. The summed E-state index contributed by atoms with van der Waals surface area (Å²) in [7, 11) is 0.909. The van der Waals surface area contributed by atoms with Crippen molar-refractivity contribution < 1.29 is 18.8 Å². The van der Waals surface area contributed by atoms with Crippen LogP contribution in [0.5, 0.6) is 5.75 Å². The number of hydrogen-bond donors (Lipinski definition) is 1. The summed E-state index contributed by atoms with van der Waals surface area (Å²) in [5.74, 6) is 1.18. The van der Waals surface area contributed by atoms with Crippen molar-refractivity contribution in [2.75, 3.05) is 31.7 Å². The van der Waals surface area contributed by atoms with E-state index in [1.54, 1.807) is 13.2 Å². The molecule has 1 aliphatic rings. The van der Waals surface area contributed by atoms with Gasteiger partial charge < -0.3 is 9.84 Å². The second-order valence-electron chi connectivity index (χ2n) is 4.86. The molecule has 0 radical (unpaired) electrons. The molecule has 114 valence electrons. The number of carbonyl (C=O) groups is 1. The van der Waals surface area contributed by atoms with Gasteiger partial charge in [0, 0.05) is 48.0 Å². The average Bonchev–Trinajstić information content (AvgIpc) is 2.48. The van der Waals surface area contributed by atoms with Crippen LogP contribution in [-0.4, -0.2) is 51.9 Å². The van der Waals surface area contributed by atoms with Gasteiger partial charge in [-0.15, -0.1) is 0 Å². The lowest BCUT2D eigenvalue weighted by molar-refractivity contribution is -0.131. The van der Waals surface area contributed by atoms with Gasteiger partial charge in [-0.1, -0.05) is 6.07 Å². The molecule has 1 aromatic carbocycles. The SMILES string of the molecule is COc1ccc(C=CC(=O)O)c(CN2CCS(=O)CC2)c1. The lowest BCUT2D eigenvalue weighted by atomic mass is 10.1. The van der Waals surface area contributed by atoms with E-state index in [4.69, 9.17) is 9.84 Å². The number of rotatable bonds is 5. The Morgan fingerprint density at radius 1 is 1.43 bits per heavy atom. The van der Waals surface area contributed by atoms with Gasteiger partial charge in [-0.25, -0.2) is 4.79 Å². The molecule has 2 rings (SSSR count). The molecule has 1 fully saturated rings. The molecule has 0 aromatic heterocycles. The van der Waals surface area contributed by atoms with Gasteiger partial charge >= 0.3 is 5.97 Å². The Hall–Kier alpha value is -1.66. The topological polar surface area (TPSA) is 66.8 Å². The molecule has 5 nitrogen and oxygen atoms in total. The zero-order chi connectivity index (χ0) is 15.2. The van der Waals surface area contributed by atoms with E-state index >= 15 is 0 Å². The highest BCUT2D eigenvalue weighted by atomic mass is 32.2. The second-order valence-corrected chi connectivity index (χ2v) is 6.56. The van der Waals surface area contributed by atoms with Crippen LogP contribution in [-0.2, 0) is 22.1 Å². The number of nitrogens with zero attached hydrogens (tertiary/aromatic N) is 1. The molecular weight excluding hydrogens is 290 g/mol. The van der Waals surface area contributed by atoms with Crippen molar-refractivity contribution in [3.63, 3.8) is 0 Å². The van der Waals surface area contributed by atoms with E-state index in [1.807, 2.05) is 18.2 Å². The molecule has 1 aromatic rings. The second kappa shape index (κ2) is 7.38. The number of ether oxygens (including phenoxy) is 1. The maximum Gasteiger partial charge on any atom is 0.328 e. The van der Waals surface area contributed by atoms with Gasteiger partial charge in [-0.05, 0) is 29.3 Å². The number of carboxylic acid groups (broad SMARTS) is 1. The van der Waals surface area contributed by atoms with E-state index in [1.165, 1.54) is 0 Å². The third kappa shape index (κ3) is 4.68. The number of benzene rings is 1. The molecule has 0 bridgehead atoms. The number of methoxy groups -OCH3 is 1. The molecule has 0 spiro atoms. The van der Waals surface area contributed by atoms with Crippen LogP contribution in [0.4, 0.5) is 0 Å². The first-order valence-electron chi connectivity index (χ1n) is 6.74. The van der Waals surface area contributed by atoms with Crippen LogP contribution < -0.4 is 4.74 Å². The van der Waals surface area contributed by atoms with E-state index < -0.39 is 16.8 Å².